The average molecular weight is 225 g/mol. The van der Waals surface area contributed by atoms with Crippen molar-refractivity contribution in [3.05, 3.63) is 11.7 Å². The molecule has 0 unspecified atom stereocenters. The van der Waals surface area contributed by atoms with Crippen molar-refractivity contribution in [2.24, 2.45) is 0 Å². The van der Waals surface area contributed by atoms with Crippen molar-refractivity contribution in [2.75, 3.05) is 7.11 Å². The molecule has 0 bridgehead atoms. The molecule has 5 nitrogen and oxygen atoms in total. The fourth-order valence-electron chi connectivity index (χ4n) is 2.15. The highest BCUT2D eigenvalue weighted by Gasteiger charge is 2.20. The number of nitrogens with zero attached hydrogens (tertiary/aromatic N) is 2. The van der Waals surface area contributed by atoms with E-state index < -0.39 is 0 Å². The summed E-state index contributed by atoms with van der Waals surface area (Å²) < 4.78 is 10.3. The Morgan fingerprint density at radius 2 is 2.12 bits per heavy atom. The monoisotopic (exact) mass is 225 g/mol. The molecule has 0 saturated heterocycles. The summed E-state index contributed by atoms with van der Waals surface area (Å²) >= 11 is 0. The van der Waals surface area contributed by atoms with E-state index in [0.29, 0.717) is 24.6 Å². The number of hydrogen-bond acceptors (Lipinski definition) is 5. The van der Waals surface area contributed by atoms with E-state index in [1.165, 1.54) is 0 Å². The predicted molar refractivity (Wildman–Crippen MR) is 58.9 cm³/mol. The van der Waals surface area contributed by atoms with Crippen LogP contribution in [0.4, 0.5) is 0 Å². The Labute approximate surface area is 95.6 Å². The molecule has 2 rings (SSSR count). The fraction of sp³-hybridized carbons (Fsp3) is 0.818. The van der Waals surface area contributed by atoms with E-state index >= 15 is 0 Å². The Hall–Kier alpha value is -0.940. The molecule has 0 aliphatic heterocycles. The van der Waals surface area contributed by atoms with E-state index in [0.717, 1.165) is 31.5 Å². The minimum absolute atomic E-state index is 0.450. The second-order valence-corrected chi connectivity index (χ2v) is 4.32. The molecule has 1 aliphatic carbocycles. The molecule has 0 atom stereocenters. The number of aromatic nitrogens is 2. The highest BCUT2D eigenvalue weighted by Crippen LogP contribution is 2.20. The van der Waals surface area contributed by atoms with E-state index in [9.17, 15) is 0 Å². The number of ether oxygens (including phenoxy) is 1. The van der Waals surface area contributed by atoms with Crippen molar-refractivity contribution >= 4 is 0 Å². The van der Waals surface area contributed by atoms with E-state index in [1.54, 1.807) is 14.0 Å². The standard InChI is InChI=1S/C11H19N3O2/c1-8-13-11(14-16-8)7-12-9-3-5-10(15-2)6-4-9/h9-10,12H,3-7H2,1-2H3. The third-order valence-electron chi connectivity index (χ3n) is 3.13. The average Bonchev–Trinajstić information content (AvgIpc) is 2.73. The molecule has 1 aromatic heterocycles. The number of nitrogens with one attached hydrogen (secondary N) is 1. The molecule has 5 heteroatoms. The maximum absolute atomic E-state index is 5.34. The lowest BCUT2D eigenvalue weighted by Gasteiger charge is -2.27. The summed E-state index contributed by atoms with van der Waals surface area (Å²) in [4.78, 5) is 4.16. The molecule has 1 N–H and O–H groups in total. The molecule has 0 aromatic carbocycles. The van der Waals surface area contributed by atoms with Gasteiger partial charge in [0.1, 0.15) is 0 Å². The summed E-state index contributed by atoms with van der Waals surface area (Å²) in [5, 5.41) is 7.31. The van der Waals surface area contributed by atoms with Crippen LogP contribution >= 0.6 is 0 Å². The first-order chi connectivity index (χ1) is 7.78. The van der Waals surface area contributed by atoms with Crippen LogP contribution in [0.25, 0.3) is 0 Å². The fourth-order valence-corrected chi connectivity index (χ4v) is 2.15. The first-order valence-corrected chi connectivity index (χ1v) is 5.83. The van der Waals surface area contributed by atoms with Crippen LogP contribution in [0.5, 0.6) is 0 Å². The van der Waals surface area contributed by atoms with Crippen LogP contribution in [-0.2, 0) is 11.3 Å². The maximum atomic E-state index is 5.34. The van der Waals surface area contributed by atoms with E-state index in [1.807, 2.05) is 0 Å². The molecular formula is C11H19N3O2. The molecule has 1 heterocycles. The number of aryl methyl sites for hydroxylation is 1. The lowest BCUT2D eigenvalue weighted by Crippen LogP contribution is -2.34. The zero-order valence-corrected chi connectivity index (χ0v) is 9.90. The summed E-state index contributed by atoms with van der Waals surface area (Å²) in [7, 11) is 1.79. The van der Waals surface area contributed by atoms with E-state index in [-0.39, 0.29) is 0 Å². The molecule has 16 heavy (non-hydrogen) atoms. The predicted octanol–water partition coefficient (Wildman–Crippen LogP) is 1.43. The van der Waals surface area contributed by atoms with Crippen molar-refractivity contribution in [1.82, 2.24) is 15.5 Å². The first kappa shape index (κ1) is 11.5. The van der Waals surface area contributed by atoms with Crippen LogP contribution in [-0.4, -0.2) is 29.4 Å². The third-order valence-corrected chi connectivity index (χ3v) is 3.13. The van der Waals surface area contributed by atoms with Gasteiger partial charge in [0.15, 0.2) is 5.82 Å². The molecule has 1 aliphatic rings. The van der Waals surface area contributed by atoms with Gasteiger partial charge in [-0.05, 0) is 25.7 Å². The molecule has 90 valence electrons. The highest BCUT2D eigenvalue weighted by molar-refractivity contribution is 4.85. The molecule has 0 spiro atoms. The molecule has 1 aromatic rings. The Kier molecular flexibility index (Phi) is 3.90. The molecule has 0 radical (unpaired) electrons. The molecular weight excluding hydrogens is 206 g/mol. The molecule has 0 amide bonds. The molecule has 1 saturated carbocycles. The van der Waals surface area contributed by atoms with Crippen LogP contribution in [0.1, 0.15) is 37.4 Å². The maximum Gasteiger partial charge on any atom is 0.223 e. The largest absolute Gasteiger partial charge is 0.381 e. The quantitative estimate of drug-likeness (QED) is 0.839. The van der Waals surface area contributed by atoms with E-state index in [4.69, 9.17) is 9.26 Å². The van der Waals surface area contributed by atoms with Gasteiger partial charge in [0.2, 0.25) is 5.89 Å². The van der Waals surface area contributed by atoms with Gasteiger partial charge in [0.25, 0.3) is 0 Å². The lowest BCUT2D eigenvalue weighted by atomic mass is 9.93. The van der Waals surface area contributed by atoms with Gasteiger partial charge in [0.05, 0.1) is 12.6 Å². The highest BCUT2D eigenvalue weighted by atomic mass is 16.5. The number of methoxy groups -OCH3 is 1. The SMILES string of the molecule is COC1CCC(NCc2noc(C)n2)CC1. The van der Waals surface area contributed by atoms with Crippen molar-refractivity contribution in [1.29, 1.82) is 0 Å². The second kappa shape index (κ2) is 5.41. The molecule has 1 fully saturated rings. The summed E-state index contributed by atoms with van der Waals surface area (Å²) in [5.74, 6) is 1.37. The normalized spacial score (nSPS) is 25.9. The van der Waals surface area contributed by atoms with Crippen molar-refractivity contribution < 1.29 is 9.26 Å². The topological polar surface area (TPSA) is 60.2 Å². The minimum Gasteiger partial charge on any atom is -0.381 e. The van der Waals surface area contributed by atoms with Gasteiger partial charge >= 0.3 is 0 Å². The third kappa shape index (κ3) is 3.02. The van der Waals surface area contributed by atoms with Gasteiger partial charge < -0.3 is 14.6 Å². The van der Waals surface area contributed by atoms with Crippen LogP contribution in [0.2, 0.25) is 0 Å². The summed E-state index contributed by atoms with van der Waals surface area (Å²) in [6.07, 6.45) is 5.05. The van der Waals surface area contributed by atoms with Gasteiger partial charge in [-0.25, -0.2) is 0 Å². The van der Waals surface area contributed by atoms with Crippen LogP contribution < -0.4 is 5.32 Å². The number of hydrogen-bond donors (Lipinski definition) is 1. The van der Waals surface area contributed by atoms with Gasteiger partial charge in [-0.15, -0.1) is 0 Å². The van der Waals surface area contributed by atoms with Crippen LogP contribution in [0.15, 0.2) is 4.52 Å². The number of rotatable bonds is 4. The zero-order chi connectivity index (χ0) is 11.4. The summed E-state index contributed by atoms with van der Waals surface area (Å²) in [6.45, 7) is 2.50. The second-order valence-electron chi connectivity index (χ2n) is 4.32. The zero-order valence-electron chi connectivity index (χ0n) is 9.90. The van der Waals surface area contributed by atoms with E-state index in [2.05, 4.69) is 15.5 Å². The Morgan fingerprint density at radius 3 is 2.69 bits per heavy atom. The smallest absolute Gasteiger partial charge is 0.223 e. The Morgan fingerprint density at radius 1 is 1.38 bits per heavy atom. The van der Waals surface area contributed by atoms with Crippen molar-refractivity contribution in [2.45, 2.75) is 51.3 Å². The minimum atomic E-state index is 0.450. The van der Waals surface area contributed by atoms with Gasteiger partial charge in [-0.2, -0.15) is 4.98 Å². The van der Waals surface area contributed by atoms with Crippen molar-refractivity contribution in [3.63, 3.8) is 0 Å². The summed E-state index contributed by atoms with van der Waals surface area (Å²) in [6, 6.07) is 0.560. The van der Waals surface area contributed by atoms with Crippen LogP contribution in [0, 0.1) is 6.92 Å². The Bertz CT molecular complexity index is 319. The first-order valence-electron chi connectivity index (χ1n) is 5.83. The lowest BCUT2D eigenvalue weighted by molar-refractivity contribution is 0.0623. The van der Waals surface area contributed by atoms with Gasteiger partial charge in [0, 0.05) is 20.1 Å². The van der Waals surface area contributed by atoms with Crippen LogP contribution in [0.3, 0.4) is 0 Å². The van der Waals surface area contributed by atoms with Gasteiger partial charge in [-0.3, -0.25) is 0 Å². The van der Waals surface area contributed by atoms with Gasteiger partial charge in [-0.1, -0.05) is 5.16 Å². The van der Waals surface area contributed by atoms with Crippen molar-refractivity contribution in [3.8, 4) is 0 Å². The summed E-state index contributed by atoms with van der Waals surface area (Å²) in [5.41, 5.74) is 0. The Balaban J connectivity index is 1.71.